The molecule has 0 saturated carbocycles. The summed E-state index contributed by atoms with van der Waals surface area (Å²) in [6, 6.07) is 2.40. The summed E-state index contributed by atoms with van der Waals surface area (Å²) in [5.74, 6) is -0.782. The van der Waals surface area contributed by atoms with E-state index in [1.807, 2.05) is 0 Å². The van der Waals surface area contributed by atoms with Crippen LogP contribution < -0.4 is 4.74 Å². The first kappa shape index (κ1) is 12.3. The summed E-state index contributed by atoms with van der Waals surface area (Å²) in [4.78, 5) is 9.70. The van der Waals surface area contributed by atoms with Crippen LogP contribution in [0.4, 0.5) is 18.9 Å². The third-order valence-corrected chi connectivity index (χ3v) is 1.82. The van der Waals surface area contributed by atoms with E-state index in [0.717, 1.165) is 6.07 Å². The Morgan fingerprint density at radius 1 is 1.31 bits per heavy atom. The lowest BCUT2D eigenvalue weighted by Crippen LogP contribution is -2.18. The monoisotopic (exact) mass is 235 g/mol. The summed E-state index contributed by atoms with van der Waals surface area (Å²) in [6.07, 6.45) is -4.94. The van der Waals surface area contributed by atoms with Gasteiger partial charge >= 0.3 is 12.0 Å². The van der Waals surface area contributed by atoms with Gasteiger partial charge in [0.1, 0.15) is 0 Å². The van der Waals surface area contributed by atoms with Crippen molar-refractivity contribution in [1.82, 2.24) is 0 Å². The second-order valence-electron chi connectivity index (χ2n) is 3.23. The van der Waals surface area contributed by atoms with E-state index < -0.39 is 22.7 Å². The zero-order valence-electron chi connectivity index (χ0n) is 8.46. The third kappa shape index (κ3) is 2.85. The number of rotatable bonds is 2. The SMILES string of the molecule is Cc1cc(C)c([N+](=O)[O-])c(OC(F)(F)F)c1. The molecule has 0 unspecified atom stereocenters. The predicted octanol–water partition coefficient (Wildman–Crippen LogP) is 3.11. The van der Waals surface area contributed by atoms with Gasteiger partial charge in [0.05, 0.1) is 4.92 Å². The van der Waals surface area contributed by atoms with Gasteiger partial charge in [-0.15, -0.1) is 13.2 Å². The number of nitro benzene ring substituents is 1. The number of nitro groups is 1. The van der Waals surface area contributed by atoms with Gasteiger partial charge in [-0.1, -0.05) is 0 Å². The molecule has 0 saturated heterocycles. The van der Waals surface area contributed by atoms with Crippen molar-refractivity contribution in [2.75, 3.05) is 0 Å². The molecule has 0 spiro atoms. The van der Waals surface area contributed by atoms with Crippen LogP contribution in [-0.4, -0.2) is 11.3 Å². The zero-order chi connectivity index (χ0) is 12.5. The van der Waals surface area contributed by atoms with Gasteiger partial charge in [0, 0.05) is 5.56 Å². The van der Waals surface area contributed by atoms with E-state index in [-0.39, 0.29) is 5.56 Å². The van der Waals surface area contributed by atoms with E-state index >= 15 is 0 Å². The number of nitrogens with zero attached hydrogens (tertiary/aromatic N) is 1. The molecule has 0 atom stereocenters. The molecule has 0 N–H and O–H groups in total. The second kappa shape index (κ2) is 3.99. The van der Waals surface area contributed by atoms with Gasteiger partial charge in [0.2, 0.25) is 5.75 Å². The van der Waals surface area contributed by atoms with Crippen LogP contribution >= 0.6 is 0 Å². The predicted molar refractivity (Wildman–Crippen MR) is 49.3 cm³/mol. The standard InChI is InChI=1S/C9H8F3NO3/c1-5-3-6(2)8(13(14)15)7(4-5)16-9(10,11)12/h3-4H,1-2H3. The van der Waals surface area contributed by atoms with Crippen LogP contribution in [-0.2, 0) is 0 Å². The fraction of sp³-hybridized carbons (Fsp3) is 0.333. The molecule has 0 heterocycles. The Hall–Kier alpha value is -1.79. The minimum Gasteiger partial charge on any atom is -0.398 e. The first-order valence-corrected chi connectivity index (χ1v) is 4.22. The van der Waals surface area contributed by atoms with E-state index in [1.54, 1.807) is 0 Å². The van der Waals surface area contributed by atoms with Crippen molar-refractivity contribution >= 4 is 5.69 Å². The molecule has 0 bridgehead atoms. The Morgan fingerprint density at radius 3 is 2.31 bits per heavy atom. The quantitative estimate of drug-likeness (QED) is 0.584. The number of ether oxygens (including phenoxy) is 1. The zero-order valence-corrected chi connectivity index (χ0v) is 8.46. The molecule has 1 rings (SSSR count). The molecule has 0 amide bonds. The summed E-state index contributed by atoms with van der Waals surface area (Å²) in [5.41, 5.74) is -0.0745. The van der Waals surface area contributed by atoms with Crippen molar-refractivity contribution in [2.24, 2.45) is 0 Å². The fourth-order valence-corrected chi connectivity index (χ4v) is 1.36. The maximum absolute atomic E-state index is 12.0. The maximum atomic E-state index is 12.0. The van der Waals surface area contributed by atoms with Crippen molar-refractivity contribution in [3.05, 3.63) is 33.4 Å². The number of alkyl halides is 3. The van der Waals surface area contributed by atoms with Crippen LogP contribution in [0.25, 0.3) is 0 Å². The number of benzene rings is 1. The van der Waals surface area contributed by atoms with Crippen molar-refractivity contribution in [1.29, 1.82) is 0 Å². The summed E-state index contributed by atoms with van der Waals surface area (Å²) >= 11 is 0. The lowest BCUT2D eigenvalue weighted by Gasteiger charge is -2.10. The fourth-order valence-electron chi connectivity index (χ4n) is 1.36. The van der Waals surface area contributed by atoms with E-state index in [9.17, 15) is 23.3 Å². The van der Waals surface area contributed by atoms with Crippen LogP contribution in [0.2, 0.25) is 0 Å². The van der Waals surface area contributed by atoms with Gasteiger partial charge in [0.15, 0.2) is 0 Å². The average molecular weight is 235 g/mol. The van der Waals surface area contributed by atoms with E-state index in [1.165, 1.54) is 19.9 Å². The van der Waals surface area contributed by atoms with E-state index in [0.29, 0.717) is 5.56 Å². The Morgan fingerprint density at radius 2 is 1.88 bits per heavy atom. The van der Waals surface area contributed by atoms with Crippen molar-refractivity contribution in [3.8, 4) is 5.75 Å². The molecule has 0 fully saturated rings. The third-order valence-electron chi connectivity index (χ3n) is 1.82. The Kier molecular flexibility index (Phi) is 3.06. The largest absolute Gasteiger partial charge is 0.573 e. The molecule has 7 heteroatoms. The molecule has 0 radical (unpaired) electrons. The van der Waals surface area contributed by atoms with Crippen molar-refractivity contribution in [3.63, 3.8) is 0 Å². The number of halogens is 3. The Bertz CT molecular complexity index is 429. The lowest BCUT2D eigenvalue weighted by molar-refractivity contribution is -0.389. The van der Waals surface area contributed by atoms with Crippen molar-refractivity contribution < 1.29 is 22.8 Å². The van der Waals surface area contributed by atoms with Gasteiger partial charge in [-0.3, -0.25) is 10.1 Å². The average Bonchev–Trinajstić information content (AvgIpc) is 1.96. The summed E-state index contributed by atoms with van der Waals surface area (Å²) in [7, 11) is 0. The first-order valence-electron chi connectivity index (χ1n) is 4.22. The highest BCUT2D eigenvalue weighted by Gasteiger charge is 2.35. The lowest BCUT2D eigenvalue weighted by atomic mass is 10.1. The molecule has 88 valence electrons. The number of hydrogen-bond acceptors (Lipinski definition) is 3. The van der Waals surface area contributed by atoms with Gasteiger partial charge in [-0.25, -0.2) is 0 Å². The molecular weight excluding hydrogens is 227 g/mol. The molecule has 0 aliphatic carbocycles. The maximum Gasteiger partial charge on any atom is 0.573 e. The van der Waals surface area contributed by atoms with E-state index in [2.05, 4.69) is 4.74 Å². The van der Waals surface area contributed by atoms with Crippen LogP contribution in [0, 0.1) is 24.0 Å². The number of aryl methyl sites for hydroxylation is 2. The summed E-state index contributed by atoms with van der Waals surface area (Å²) in [6.45, 7) is 2.88. The molecule has 0 aliphatic rings. The molecule has 1 aromatic carbocycles. The topological polar surface area (TPSA) is 52.4 Å². The van der Waals surface area contributed by atoms with Gasteiger partial charge in [0.25, 0.3) is 0 Å². The van der Waals surface area contributed by atoms with Gasteiger partial charge in [-0.05, 0) is 31.5 Å². The van der Waals surface area contributed by atoms with Gasteiger partial charge in [-0.2, -0.15) is 0 Å². The Labute approximate surface area is 88.8 Å². The van der Waals surface area contributed by atoms with Crippen LogP contribution in [0.3, 0.4) is 0 Å². The normalized spacial score (nSPS) is 11.3. The van der Waals surface area contributed by atoms with E-state index in [4.69, 9.17) is 0 Å². The Balaban J connectivity index is 3.30. The molecule has 0 aliphatic heterocycles. The van der Waals surface area contributed by atoms with Gasteiger partial charge < -0.3 is 4.74 Å². The highest BCUT2D eigenvalue weighted by molar-refractivity contribution is 5.54. The minimum atomic E-state index is -4.94. The summed E-state index contributed by atoms with van der Waals surface area (Å²) in [5, 5.41) is 10.6. The molecular formula is C9H8F3NO3. The highest BCUT2D eigenvalue weighted by Crippen LogP contribution is 2.35. The highest BCUT2D eigenvalue weighted by atomic mass is 19.4. The van der Waals surface area contributed by atoms with Crippen LogP contribution in [0.15, 0.2) is 12.1 Å². The molecule has 16 heavy (non-hydrogen) atoms. The van der Waals surface area contributed by atoms with Crippen molar-refractivity contribution in [2.45, 2.75) is 20.2 Å². The number of hydrogen-bond donors (Lipinski definition) is 0. The molecule has 1 aromatic rings. The minimum absolute atomic E-state index is 0.129. The smallest absolute Gasteiger partial charge is 0.398 e. The summed E-state index contributed by atoms with van der Waals surface area (Å²) < 4.78 is 39.6. The van der Waals surface area contributed by atoms with Crippen LogP contribution in [0.1, 0.15) is 11.1 Å². The van der Waals surface area contributed by atoms with Crippen LogP contribution in [0.5, 0.6) is 5.75 Å². The first-order chi connectivity index (χ1) is 7.20. The second-order valence-corrected chi connectivity index (χ2v) is 3.23. The molecule has 4 nitrogen and oxygen atoms in total. The molecule has 0 aromatic heterocycles.